The van der Waals surface area contributed by atoms with E-state index in [0.717, 1.165) is 6.20 Å². The highest BCUT2D eigenvalue weighted by Gasteiger charge is 2.18. The number of ether oxygens (including phenoxy) is 1. The normalized spacial score (nSPS) is 11.2. The number of esters is 1. The van der Waals surface area contributed by atoms with Crippen molar-refractivity contribution >= 4 is 30.4 Å². The van der Waals surface area contributed by atoms with Gasteiger partial charge in [-0.3, -0.25) is 0 Å². The van der Waals surface area contributed by atoms with Gasteiger partial charge in [0.05, 0.1) is 12.8 Å². The van der Waals surface area contributed by atoms with Gasteiger partial charge in [0.15, 0.2) is 10.7 Å². The Morgan fingerprint density at radius 3 is 2.78 bits per heavy atom. The van der Waals surface area contributed by atoms with Crippen LogP contribution in [0.2, 0.25) is 0 Å². The molecular weight excluding hydrogens is 258 g/mol. The molecule has 0 amide bonds. The molecule has 0 fully saturated rings. The highest BCUT2D eigenvalue weighted by Crippen LogP contribution is 2.12. The summed E-state index contributed by atoms with van der Waals surface area (Å²) in [5.74, 6) is -1.76. The van der Waals surface area contributed by atoms with Crippen molar-refractivity contribution in [3.8, 4) is 0 Å². The Kier molecular flexibility index (Phi) is 4.78. The van der Waals surface area contributed by atoms with Crippen LogP contribution in [0, 0.1) is 0 Å². The average Bonchev–Trinajstić information content (AvgIpc) is 2.61. The van der Waals surface area contributed by atoms with E-state index >= 15 is 0 Å². The third kappa shape index (κ3) is 3.27. The molecule has 0 aliphatic carbocycles. The molecule has 0 saturated carbocycles. The summed E-state index contributed by atoms with van der Waals surface area (Å²) >= 11 is 4.06. The van der Waals surface area contributed by atoms with Crippen molar-refractivity contribution in [3.63, 3.8) is 0 Å². The van der Waals surface area contributed by atoms with E-state index in [4.69, 9.17) is 5.11 Å². The van der Waals surface area contributed by atoms with Crippen LogP contribution < -0.4 is 5.32 Å². The molecule has 1 rings (SSSR count). The maximum atomic E-state index is 11.3. The van der Waals surface area contributed by atoms with Crippen molar-refractivity contribution in [2.24, 2.45) is 7.05 Å². The predicted octanol–water partition coefficient (Wildman–Crippen LogP) is 0.652. The molecule has 1 heterocycles. The second-order valence-electron chi connectivity index (χ2n) is 3.23. The lowest BCUT2D eigenvalue weighted by atomic mass is 10.3. The maximum absolute atomic E-state index is 11.3. The molecule has 0 aliphatic rings. The number of thiol groups is 1. The fourth-order valence-corrected chi connectivity index (χ4v) is 1.26. The summed E-state index contributed by atoms with van der Waals surface area (Å²) in [6.07, 6.45) is 2.52. The number of anilines is 1. The number of carbonyl (C=O) groups is 2. The third-order valence-corrected chi connectivity index (χ3v) is 2.47. The molecule has 0 radical (unpaired) electrons. The van der Waals surface area contributed by atoms with Gasteiger partial charge in [0.1, 0.15) is 5.82 Å². The second kappa shape index (κ2) is 6.10. The van der Waals surface area contributed by atoms with Gasteiger partial charge >= 0.3 is 11.9 Å². The van der Waals surface area contributed by atoms with Gasteiger partial charge in [-0.05, 0) is 6.92 Å². The summed E-state index contributed by atoms with van der Waals surface area (Å²) in [6, 6.07) is 0. The van der Waals surface area contributed by atoms with Gasteiger partial charge in [-0.1, -0.05) is 0 Å². The molecule has 1 aromatic heterocycles. The Hall–Kier alpha value is -1.96. The minimum absolute atomic E-state index is 0.107. The third-order valence-electron chi connectivity index (χ3n) is 2.05. The average molecular weight is 271 g/mol. The number of nitrogens with one attached hydrogen (secondary N) is 1. The standard InChI is InChI=1S/C10H13N3O4S/c1-3-17-9(16)6(8(14)15)4-11-7-5-12-10(18)13(7)2/h4-5,11H,3H2,1-2H3,(H,12,18)(H,14,15). The topological polar surface area (TPSA) is 93.5 Å². The van der Waals surface area contributed by atoms with E-state index in [1.54, 1.807) is 18.5 Å². The first kappa shape index (κ1) is 14.1. The van der Waals surface area contributed by atoms with Crippen LogP contribution in [0.25, 0.3) is 0 Å². The first-order valence-electron chi connectivity index (χ1n) is 5.05. The number of carbonyl (C=O) groups excluding carboxylic acids is 1. The van der Waals surface area contributed by atoms with Crippen molar-refractivity contribution in [2.45, 2.75) is 12.1 Å². The van der Waals surface area contributed by atoms with Crippen molar-refractivity contribution in [2.75, 3.05) is 11.9 Å². The van der Waals surface area contributed by atoms with Crippen LogP contribution >= 0.6 is 12.6 Å². The van der Waals surface area contributed by atoms with Crippen molar-refractivity contribution in [3.05, 3.63) is 18.0 Å². The zero-order valence-corrected chi connectivity index (χ0v) is 10.8. The summed E-state index contributed by atoms with van der Waals surface area (Å²) < 4.78 is 6.21. The molecule has 98 valence electrons. The smallest absolute Gasteiger partial charge is 0.347 e. The predicted molar refractivity (Wildman–Crippen MR) is 66.4 cm³/mol. The molecule has 0 bridgehead atoms. The van der Waals surface area contributed by atoms with E-state index in [0.29, 0.717) is 11.0 Å². The fraction of sp³-hybridized carbons (Fsp3) is 0.300. The number of hydrogen-bond acceptors (Lipinski definition) is 6. The summed E-state index contributed by atoms with van der Waals surface area (Å²) in [5, 5.41) is 12.0. The van der Waals surface area contributed by atoms with Gasteiger partial charge in [0.25, 0.3) is 0 Å². The number of carboxylic acid groups (broad SMARTS) is 1. The quantitative estimate of drug-likeness (QED) is 0.239. The minimum atomic E-state index is -1.37. The molecule has 0 aromatic carbocycles. The largest absolute Gasteiger partial charge is 0.477 e. The van der Waals surface area contributed by atoms with Crippen LogP contribution in [0.1, 0.15) is 6.92 Å². The first-order valence-corrected chi connectivity index (χ1v) is 5.49. The zero-order valence-electron chi connectivity index (χ0n) is 9.88. The van der Waals surface area contributed by atoms with Crippen LogP contribution in [0.4, 0.5) is 5.82 Å². The number of imidazole rings is 1. The second-order valence-corrected chi connectivity index (χ2v) is 3.63. The van der Waals surface area contributed by atoms with E-state index in [9.17, 15) is 9.59 Å². The summed E-state index contributed by atoms with van der Waals surface area (Å²) in [6.45, 7) is 1.70. The van der Waals surface area contributed by atoms with Crippen molar-refractivity contribution in [1.29, 1.82) is 0 Å². The molecule has 0 unspecified atom stereocenters. The van der Waals surface area contributed by atoms with Crippen molar-refractivity contribution in [1.82, 2.24) is 9.55 Å². The highest BCUT2D eigenvalue weighted by molar-refractivity contribution is 7.80. The number of nitrogens with zero attached hydrogens (tertiary/aromatic N) is 2. The fourth-order valence-electron chi connectivity index (χ4n) is 1.10. The molecule has 18 heavy (non-hydrogen) atoms. The lowest BCUT2D eigenvalue weighted by molar-refractivity contribution is -0.143. The van der Waals surface area contributed by atoms with E-state index < -0.39 is 17.5 Å². The van der Waals surface area contributed by atoms with Crippen LogP contribution in [0.5, 0.6) is 0 Å². The summed E-state index contributed by atoms with van der Waals surface area (Å²) in [5.41, 5.74) is -0.487. The van der Waals surface area contributed by atoms with Crippen molar-refractivity contribution < 1.29 is 19.4 Å². The van der Waals surface area contributed by atoms with E-state index in [1.165, 1.54) is 6.20 Å². The molecule has 0 saturated heterocycles. The van der Waals surface area contributed by atoms with Crippen LogP contribution in [0.3, 0.4) is 0 Å². The first-order chi connectivity index (χ1) is 8.47. The van der Waals surface area contributed by atoms with Gasteiger partial charge in [0, 0.05) is 13.2 Å². The Labute approximate surface area is 109 Å². The number of aliphatic carboxylic acids is 1. The molecule has 0 aliphatic heterocycles. The molecule has 7 nitrogen and oxygen atoms in total. The Balaban J connectivity index is 2.87. The van der Waals surface area contributed by atoms with Gasteiger partial charge in [0.2, 0.25) is 0 Å². The maximum Gasteiger partial charge on any atom is 0.347 e. The number of rotatable bonds is 5. The summed E-state index contributed by atoms with van der Waals surface area (Å²) in [4.78, 5) is 26.1. The Morgan fingerprint density at radius 1 is 1.67 bits per heavy atom. The molecule has 1 aromatic rings. The molecule has 8 heteroatoms. The summed E-state index contributed by atoms with van der Waals surface area (Å²) in [7, 11) is 1.69. The Bertz CT molecular complexity index is 495. The van der Waals surface area contributed by atoms with E-state index in [1.807, 2.05) is 0 Å². The van der Waals surface area contributed by atoms with Gasteiger partial charge < -0.3 is 19.7 Å². The van der Waals surface area contributed by atoms with Crippen LogP contribution in [-0.2, 0) is 21.4 Å². The SMILES string of the molecule is CCOC(=O)C(=CNc1cnc(S)n1C)C(=O)O. The van der Waals surface area contributed by atoms with Gasteiger partial charge in [-0.25, -0.2) is 14.6 Å². The number of carboxylic acids is 1. The minimum Gasteiger partial charge on any atom is -0.477 e. The molecule has 0 spiro atoms. The highest BCUT2D eigenvalue weighted by atomic mass is 32.1. The molecule has 2 N–H and O–H groups in total. The van der Waals surface area contributed by atoms with Gasteiger partial charge in [-0.15, -0.1) is 12.6 Å². The number of hydrogen-bond donors (Lipinski definition) is 3. The Morgan fingerprint density at radius 2 is 2.33 bits per heavy atom. The molecular formula is C10H13N3O4S. The zero-order chi connectivity index (χ0) is 13.7. The van der Waals surface area contributed by atoms with E-state index in [-0.39, 0.29) is 6.61 Å². The lowest BCUT2D eigenvalue weighted by Gasteiger charge is -2.05. The van der Waals surface area contributed by atoms with Crippen LogP contribution in [0.15, 0.2) is 23.1 Å². The monoisotopic (exact) mass is 271 g/mol. The number of aromatic nitrogens is 2. The lowest BCUT2D eigenvalue weighted by Crippen LogP contribution is -2.17. The van der Waals surface area contributed by atoms with E-state index in [2.05, 4.69) is 27.7 Å². The van der Waals surface area contributed by atoms with Crippen LogP contribution in [-0.4, -0.2) is 33.2 Å². The molecule has 0 atom stereocenters. The van der Waals surface area contributed by atoms with Gasteiger partial charge in [-0.2, -0.15) is 0 Å².